The van der Waals surface area contributed by atoms with E-state index in [0.29, 0.717) is 26.9 Å². The first-order valence-electron chi connectivity index (χ1n) is 9.40. The van der Waals surface area contributed by atoms with Gasteiger partial charge in [0.05, 0.1) is 35.4 Å². The monoisotopic (exact) mass is 490 g/mol. The predicted molar refractivity (Wildman–Crippen MR) is 124 cm³/mol. The Balaban J connectivity index is 1.86. The number of likely N-dealkylation sites (N-methyl/N-ethyl adjacent to an activating group) is 1. The van der Waals surface area contributed by atoms with Crippen molar-refractivity contribution in [3.8, 4) is 11.5 Å². The second-order valence-corrected chi connectivity index (χ2v) is 8.04. The lowest BCUT2D eigenvalue weighted by atomic mass is 10.2. The van der Waals surface area contributed by atoms with E-state index in [2.05, 4.69) is 9.73 Å². The third-order valence-corrected chi connectivity index (χ3v) is 5.75. The van der Waals surface area contributed by atoms with Gasteiger partial charge >= 0.3 is 11.9 Å². The molecule has 11 heteroatoms. The van der Waals surface area contributed by atoms with Crippen molar-refractivity contribution in [2.24, 2.45) is 4.99 Å². The Hall–Kier alpha value is -3.50. The normalized spacial score (nSPS) is 15.8. The van der Waals surface area contributed by atoms with Crippen molar-refractivity contribution in [3.63, 3.8) is 0 Å². The summed E-state index contributed by atoms with van der Waals surface area (Å²) in [7, 11) is 4.31. The highest BCUT2D eigenvalue weighted by Gasteiger charge is 2.30. The number of aliphatic carboxylic acids is 1. The first-order chi connectivity index (χ1) is 15.7. The number of hydrogen-bond donors (Lipinski definition) is 1. The molecule has 1 saturated heterocycles. The number of carboxylic acids is 1. The van der Waals surface area contributed by atoms with Crippen LogP contribution in [0.15, 0.2) is 46.3 Å². The summed E-state index contributed by atoms with van der Waals surface area (Å²) in [4.78, 5) is 41.3. The molecule has 0 atom stereocenters. The van der Waals surface area contributed by atoms with Crippen LogP contribution in [0.5, 0.6) is 11.5 Å². The summed E-state index contributed by atoms with van der Waals surface area (Å²) in [5, 5.41) is 9.41. The number of benzene rings is 2. The molecule has 1 fully saturated rings. The van der Waals surface area contributed by atoms with E-state index in [1.54, 1.807) is 49.5 Å². The number of esters is 1. The van der Waals surface area contributed by atoms with E-state index in [1.165, 1.54) is 30.9 Å². The molecule has 0 bridgehead atoms. The molecular weight excluding hydrogens is 472 g/mol. The number of ether oxygens (including phenoxy) is 3. The van der Waals surface area contributed by atoms with Crippen LogP contribution in [0.25, 0.3) is 6.08 Å². The summed E-state index contributed by atoms with van der Waals surface area (Å²) in [5.74, 6) is -1.52. The lowest BCUT2D eigenvalue weighted by Crippen LogP contribution is -2.23. The SMILES string of the molecule is COC(=O)c1ccc(N=C2SC(=Cc3cc(Cl)c(OCC(=O)O)c(OC)c3)C(=O)N2C)cc1. The Bertz CT molecular complexity index is 1160. The second kappa shape index (κ2) is 10.4. The molecule has 172 valence electrons. The standard InChI is InChI=1S/C22H19ClN2O7S/c1-25-20(28)17(33-22(25)24-14-6-4-13(5-7-14)21(29)31-3)10-12-8-15(23)19(16(9-12)30-2)32-11-18(26)27/h4-10H,11H2,1-3H3,(H,26,27). The van der Waals surface area contributed by atoms with Crippen LogP contribution in [0.3, 0.4) is 0 Å². The number of amides is 1. The number of aliphatic imine (C=N–C) groups is 1. The van der Waals surface area contributed by atoms with Crippen LogP contribution in [0.2, 0.25) is 5.02 Å². The summed E-state index contributed by atoms with van der Waals surface area (Å²) in [5.41, 5.74) is 1.52. The topological polar surface area (TPSA) is 115 Å². The zero-order chi connectivity index (χ0) is 24.1. The van der Waals surface area contributed by atoms with E-state index in [-0.39, 0.29) is 22.4 Å². The van der Waals surface area contributed by atoms with Gasteiger partial charge in [-0.05, 0) is 59.8 Å². The van der Waals surface area contributed by atoms with Gasteiger partial charge in [-0.1, -0.05) is 11.6 Å². The minimum absolute atomic E-state index is 0.101. The largest absolute Gasteiger partial charge is 0.493 e. The Labute approximate surface area is 198 Å². The van der Waals surface area contributed by atoms with Gasteiger partial charge in [0.15, 0.2) is 23.3 Å². The maximum Gasteiger partial charge on any atom is 0.341 e. The smallest absolute Gasteiger partial charge is 0.341 e. The number of carboxylic acid groups (broad SMARTS) is 1. The number of hydrogen-bond acceptors (Lipinski definition) is 8. The maximum atomic E-state index is 12.7. The van der Waals surface area contributed by atoms with Crippen molar-refractivity contribution in [3.05, 3.63) is 57.5 Å². The summed E-state index contributed by atoms with van der Waals surface area (Å²) in [6.07, 6.45) is 1.63. The van der Waals surface area contributed by atoms with Crippen molar-refractivity contribution in [1.82, 2.24) is 4.90 Å². The average molecular weight is 491 g/mol. The lowest BCUT2D eigenvalue weighted by Gasteiger charge is -2.12. The fraction of sp³-hybridized carbons (Fsp3) is 0.182. The Morgan fingerprint density at radius 3 is 2.52 bits per heavy atom. The van der Waals surface area contributed by atoms with Gasteiger partial charge in [0.1, 0.15) is 0 Å². The molecule has 0 unspecified atom stereocenters. The molecule has 0 aromatic heterocycles. The van der Waals surface area contributed by atoms with Gasteiger partial charge in [-0.25, -0.2) is 14.6 Å². The molecule has 9 nitrogen and oxygen atoms in total. The van der Waals surface area contributed by atoms with Gasteiger partial charge in [0.2, 0.25) is 0 Å². The second-order valence-electron chi connectivity index (χ2n) is 6.62. The molecular formula is C22H19ClN2O7S. The van der Waals surface area contributed by atoms with Gasteiger partial charge in [-0.3, -0.25) is 9.69 Å². The number of amidine groups is 1. The van der Waals surface area contributed by atoms with Crippen LogP contribution in [0.4, 0.5) is 5.69 Å². The number of nitrogens with zero attached hydrogens (tertiary/aromatic N) is 2. The number of rotatable bonds is 7. The highest BCUT2D eigenvalue weighted by Crippen LogP contribution is 2.39. The van der Waals surface area contributed by atoms with Crippen molar-refractivity contribution in [2.75, 3.05) is 27.9 Å². The first kappa shape index (κ1) is 24.1. The van der Waals surface area contributed by atoms with Crippen LogP contribution >= 0.6 is 23.4 Å². The van der Waals surface area contributed by atoms with Crippen LogP contribution in [-0.2, 0) is 14.3 Å². The van der Waals surface area contributed by atoms with E-state index in [9.17, 15) is 14.4 Å². The first-order valence-corrected chi connectivity index (χ1v) is 10.6. The van der Waals surface area contributed by atoms with Crippen LogP contribution in [0, 0.1) is 0 Å². The summed E-state index contributed by atoms with van der Waals surface area (Å²) in [6.45, 7) is -0.573. The molecule has 2 aromatic carbocycles. The zero-order valence-electron chi connectivity index (χ0n) is 17.8. The molecule has 3 rings (SSSR count). The maximum absolute atomic E-state index is 12.7. The number of methoxy groups -OCH3 is 2. The molecule has 33 heavy (non-hydrogen) atoms. The molecule has 0 aliphatic carbocycles. The fourth-order valence-electron chi connectivity index (χ4n) is 2.80. The summed E-state index contributed by atoms with van der Waals surface area (Å²) < 4.78 is 15.1. The zero-order valence-corrected chi connectivity index (χ0v) is 19.4. The summed E-state index contributed by atoms with van der Waals surface area (Å²) in [6, 6.07) is 9.62. The number of carbonyl (C=O) groups is 3. The van der Waals surface area contributed by atoms with Gasteiger partial charge in [-0.2, -0.15) is 0 Å². The van der Waals surface area contributed by atoms with Crippen molar-refractivity contribution >= 4 is 58.1 Å². The minimum Gasteiger partial charge on any atom is -0.493 e. The third kappa shape index (κ3) is 5.65. The number of halogens is 1. The molecule has 0 saturated carbocycles. The Morgan fingerprint density at radius 1 is 1.21 bits per heavy atom. The van der Waals surface area contributed by atoms with Gasteiger partial charge < -0.3 is 19.3 Å². The Kier molecular flexibility index (Phi) is 7.62. The van der Waals surface area contributed by atoms with Crippen molar-refractivity contribution in [2.45, 2.75) is 0 Å². The molecule has 1 N–H and O–H groups in total. The van der Waals surface area contributed by atoms with Gasteiger partial charge in [0, 0.05) is 7.05 Å². The molecule has 0 radical (unpaired) electrons. The van der Waals surface area contributed by atoms with Gasteiger partial charge in [-0.15, -0.1) is 0 Å². The van der Waals surface area contributed by atoms with Gasteiger partial charge in [0.25, 0.3) is 5.91 Å². The van der Waals surface area contributed by atoms with E-state index >= 15 is 0 Å². The van der Waals surface area contributed by atoms with Crippen molar-refractivity contribution in [1.29, 1.82) is 0 Å². The predicted octanol–water partition coefficient (Wildman–Crippen LogP) is 3.83. The summed E-state index contributed by atoms with van der Waals surface area (Å²) >= 11 is 7.42. The molecule has 0 spiro atoms. The molecule has 1 amide bonds. The number of thioether (sulfide) groups is 1. The Morgan fingerprint density at radius 2 is 1.91 bits per heavy atom. The van der Waals surface area contributed by atoms with Crippen LogP contribution in [0.1, 0.15) is 15.9 Å². The molecule has 1 aliphatic rings. The van der Waals surface area contributed by atoms with Crippen molar-refractivity contribution < 1.29 is 33.7 Å². The lowest BCUT2D eigenvalue weighted by molar-refractivity contribution is -0.139. The number of carbonyl (C=O) groups excluding carboxylic acids is 2. The molecule has 1 aliphatic heterocycles. The van der Waals surface area contributed by atoms with E-state index in [4.69, 9.17) is 26.2 Å². The molecule has 2 aromatic rings. The quantitative estimate of drug-likeness (QED) is 0.460. The average Bonchev–Trinajstić information content (AvgIpc) is 3.05. The minimum atomic E-state index is -1.15. The molecule has 1 heterocycles. The fourth-order valence-corrected chi connectivity index (χ4v) is 4.06. The highest BCUT2D eigenvalue weighted by atomic mass is 35.5. The van der Waals surface area contributed by atoms with E-state index in [0.717, 1.165) is 0 Å². The highest BCUT2D eigenvalue weighted by molar-refractivity contribution is 8.18. The van der Waals surface area contributed by atoms with E-state index in [1.807, 2.05) is 0 Å². The van der Waals surface area contributed by atoms with E-state index < -0.39 is 18.5 Å². The van der Waals surface area contributed by atoms with Crippen LogP contribution in [-0.4, -0.2) is 60.9 Å². The third-order valence-electron chi connectivity index (χ3n) is 4.41. The van der Waals surface area contributed by atoms with Crippen LogP contribution < -0.4 is 9.47 Å².